The Bertz CT molecular complexity index is 561. The number of nitrogens with one attached hydrogen (secondary N) is 1. The zero-order valence-corrected chi connectivity index (χ0v) is 14.0. The molecule has 2 aliphatic rings. The fraction of sp³-hybridized carbons (Fsp3) is 0.611. The lowest BCUT2D eigenvalue weighted by Gasteiger charge is -2.24. The Hall–Kier alpha value is -1.75. The van der Waals surface area contributed by atoms with Crippen LogP contribution in [0.1, 0.15) is 43.5 Å². The Kier molecular flexibility index (Phi) is 5.06. The van der Waals surface area contributed by atoms with Gasteiger partial charge in [0.2, 0.25) is 0 Å². The maximum absolute atomic E-state index is 12.9. The fourth-order valence-electron chi connectivity index (χ4n) is 3.49. The van der Waals surface area contributed by atoms with Crippen LogP contribution in [-0.4, -0.2) is 49.2 Å². The van der Waals surface area contributed by atoms with Crippen molar-refractivity contribution >= 4 is 5.91 Å². The molecule has 1 N–H and O–H groups in total. The van der Waals surface area contributed by atoms with E-state index in [1.807, 2.05) is 36.9 Å². The molecule has 126 valence electrons. The lowest BCUT2D eigenvalue weighted by molar-refractivity contribution is 0.0747. The number of carbonyl (C=O) groups excluding carboxylic acids is 1. The van der Waals surface area contributed by atoms with Crippen LogP contribution in [0.25, 0.3) is 0 Å². The molecule has 1 aromatic rings. The smallest absolute Gasteiger partial charge is 0.254 e. The molecule has 2 unspecified atom stereocenters. The lowest BCUT2D eigenvalue weighted by Crippen LogP contribution is -2.39. The van der Waals surface area contributed by atoms with Gasteiger partial charge in [0.1, 0.15) is 0 Å². The minimum atomic E-state index is 0.0864. The van der Waals surface area contributed by atoms with Gasteiger partial charge < -0.3 is 19.7 Å². The zero-order chi connectivity index (χ0) is 16.2. The molecular weight excluding hydrogens is 292 g/mol. The number of rotatable bonds is 5. The van der Waals surface area contributed by atoms with Crippen molar-refractivity contribution in [1.82, 2.24) is 10.2 Å². The van der Waals surface area contributed by atoms with Crippen LogP contribution < -0.4 is 14.8 Å². The van der Waals surface area contributed by atoms with E-state index < -0.39 is 0 Å². The van der Waals surface area contributed by atoms with E-state index in [0.29, 0.717) is 42.4 Å². The molecule has 2 heterocycles. The SMILES string of the molecule is CCOc1ccc(C(=O)N2CCC3CCC(C2)N3)cc1OCC. The number of nitrogens with zero attached hydrogens (tertiary/aromatic N) is 1. The molecule has 23 heavy (non-hydrogen) atoms. The summed E-state index contributed by atoms with van der Waals surface area (Å²) in [4.78, 5) is 14.8. The lowest BCUT2D eigenvalue weighted by atomic mass is 10.1. The van der Waals surface area contributed by atoms with Gasteiger partial charge >= 0.3 is 0 Å². The first-order valence-corrected chi connectivity index (χ1v) is 8.66. The van der Waals surface area contributed by atoms with E-state index >= 15 is 0 Å². The quantitative estimate of drug-likeness (QED) is 0.906. The maximum atomic E-state index is 12.9. The summed E-state index contributed by atoms with van der Waals surface area (Å²) in [6.07, 6.45) is 3.45. The molecule has 2 atom stereocenters. The number of benzene rings is 1. The van der Waals surface area contributed by atoms with Crippen molar-refractivity contribution in [1.29, 1.82) is 0 Å². The van der Waals surface area contributed by atoms with Crippen LogP contribution in [0.5, 0.6) is 11.5 Å². The van der Waals surface area contributed by atoms with Crippen molar-refractivity contribution in [3.05, 3.63) is 23.8 Å². The van der Waals surface area contributed by atoms with E-state index in [1.54, 1.807) is 0 Å². The van der Waals surface area contributed by atoms with Gasteiger partial charge in [-0.1, -0.05) is 0 Å². The van der Waals surface area contributed by atoms with E-state index in [9.17, 15) is 4.79 Å². The predicted octanol–water partition coefficient (Wildman–Crippen LogP) is 2.45. The third kappa shape index (κ3) is 3.61. The third-order valence-electron chi connectivity index (χ3n) is 4.60. The minimum absolute atomic E-state index is 0.0864. The van der Waals surface area contributed by atoms with Crippen LogP contribution in [0, 0.1) is 0 Å². The molecule has 1 aromatic carbocycles. The first kappa shape index (κ1) is 16.1. The molecule has 2 bridgehead atoms. The number of ether oxygens (including phenoxy) is 2. The molecule has 2 saturated heterocycles. The summed E-state index contributed by atoms with van der Waals surface area (Å²) >= 11 is 0. The molecule has 5 nitrogen and oxygen atoms in total. The fourth-order valence-corrected chi connectivity index (χ4v) is 3.49. The van der Waals surface area contributed by atoms with Crippen LogP contribution >= 0.6 is 0 Å². The van der Waals surface area contributed by atoms with Crippen molar-refractivity contribution in [2.75, 3.05) is 26.3 Å². The summed E-state index contributed by atoms with van der Waals surface area (Å²) < 4.78 is 11.2. The highest BCUT2D eigenvalue weighted by Gasteiger charge is 2.31. The molecule has 0 spiro atoms. The monoisotopic (exact) mass is 318 g/mol. The Morgan fingerprint density at radius 2 is 1.87 bits per heavy atom. The Balaban J connectivity index is 1.77. The first-order chi connectivity index (χ1) is 11.2. The van der Waals surface area contributed by atoms with E-state index in [1.165, 1.54) is 12.8 Å². The molecule has 5 heteroatoms. The minimum Gasteiger partial charge on any atom is -0.490 e. The number of carbonyl (C=O) groups is 1. The van der Waals surface area contributed by atoms with Crippen LogP contribution in [0.4, 0.5) is 0 Å². The predicted molar refractivity (Wildman–Crippen MR) is 89.2 cm³/mol. The van der Waals surface area contributed by atoms with Crippen molar-refractivity contribution in [3.8, 4) is 11.5 Å². The average molecular weight is 318 g/mol. The number of hydrogen-bond donors (Lipinski definition) is 1. The second kappa shape index (κ2) is 7.21. The standard InChI is InChI=1S/C18H26N2O3/c1-3-22-16-8-5-13(11-17(16)23-4-2)18(21)20-10-9-14-6-7-15(12-20)19-14/h5,8,11,14-15,19H,3-4,6-7,9-10,12H2,1-2H3. The average Bonchev–Trinajstić information content (AvgIpc) is 2.88. The van der Waals surface area contributed by atoms with Gasteiger partial charge in [-0.05, 0) is 51.3 Å². The highest BCUT2D eigenvalue weighted by molar-refractivity contribution is 5.95. The summed E-state index contributed by atoms with van der Waals surface area (Å²) in [6, 6.07) is 6.52. The van der Waals surface area contributed by atoms with E-state index in [0.717, 1.165) is 19.5 Å². The van der Waals surface area contributed by atoms with Crippen molar-refractivity contribution in [2.45, 2.75) is 45.2 Å². The van der Waals surface area contributed by atoms with Gasteiger partial charge in [-0.2, -0.15) is 0 Å². The number of amides is 1. The first-order valence-electron chi connectivity index (χ1n) is 8.66. The molecule has 0 radical (unpaired) electrons. The molecule has 0 aromatic heterocycles. The van der Waals surface area contributed by atoms with Gasteiger partial charge in [0.25, 0.3) is 5.91 Å². The third-order valence-corrected chi connectivity index (χ3v) is 4.60. The van der Waals surface area contributed by atoms with E-state index in [2.05, 4.69) is 5.32 Å². The molecule has 2 aliphatic heterocycles. The largest absolute Gasteiger partial charge is 0.490 e. The second-order valence-electron chi connectivity index (χ2n) is 6.21. The highest BCUT2D eigenvalue weighted by Crippen LogP contribution is 2.29. The van der Waals surface area contributed by atoms with Crippen molar-refractivity contribution in [2.24, 2.45) is 0 Å². The topological polar surface area (TPSA) is 50.8 Å². The van der Waals surface area contributed by atoms with Crippen LogP contribution in [0.15, 0.2) is 18.2 Å². The number of likely N-dealkylation sites (tertiary alicyclic amines) is 1. The normalized spacial score (nSPS) is 23.5. The van der Waals surface area contributed by atoms with Crippen LogP contribution in [-0.2, 0) is 0 Å². The summed E-state index contributed by atoms with van der Waals surface area (Å²) in [6.45, 7) is 6.62. The summed E-state index contributed by atoms with van der Waals surface area (Å²) in [5.41, 5.74) is 0.676. The Morgan fingerprint density at radius 1 is 1.13 bits per heavy atom. The highest BCUT2D eigenvalue weighted by atomic mass is 16.5. The molecule has 0 saturated carbocycles. The number of fused-ring (bicyclic) bond motifs is 2. The molecule has 0 aliphatic carbocycles. The van der Waals surface area contributed by atoms with Crippen molar-refractivity contribution in [3.63, 3.8) is 0 Å². The Morgan fingerprint density at radius 3 is 2.65 bits per heavy atom. The Labute approximate surface area is 137 Å². The summed E-state index contributed by atoms with van der Waals surface area (Å²) in [5.74, 6) is 1.43. The van der Waals surface area contributed by atoms with Gasteiger partial charge in [0.05, 0.1) is 13.2 Å². The van der Waals surface area contributed by atoms with Gasteiger partial charge in [-0.3, -0.25) is 4.79 Å². The van der Waals surface area contributed by atoms with E-state index in [-0.39, 0.29) is 5.91 Å². The summed E-state index contributed by atoms with van der Waals surface area (Å²) in [7, 11) is 0. The van der Waals surface area contributed by atoms with Gasteiger partial charge in [0, 0.05) is 30.7 Å². The molecule has 2 fully saturated rings. The molecule has 3 rings (SSSR count). The van der Waals surface area contributed by atoms with Crippen molar-refractivity contribution < 1.29 is 14.3 Å². The van der Waals surface area contributed by atoms with Gasteiger partial charge in [-0.25, -0.2) is 0 Å². The number of hydrogen-bond acceptors (Lipinski definition) is 4. The molecular formula is C18H26N2O3. The maximum Gasteiger partial charge on any atom is 0.254 e. The zero-order valence-electron chi connectivity index (χ0n) is 14.0. The molecule has 1 amide bonds. The van der Waals surface area contributed by atoms with Gasteiger partial charge in [0.15, 0.2) is 11.5 Å². The van der Waals surface area contributed by atoms with Crippen LogP contribution in [0.3, 0.4) is 0 Å². The summed E-state index contributed by atoms with van der Waals surface area (Å²) in [5, 5.41) is 3.61. The van der Waals surface area contributed by atoms with E-state index in [4.69, 9.17) is 9.47 Å². The van der Waals surface area contributed by atoms with Crippen LogP contribution in [0.2, 0.25) is 0 Å². The second-order valence-corrected chi connectivity index (χ2v) is 6.21. The van der Waals surface area contributed by atoms with Gasteiger partial charge in [-0.15, -0.1) is 0 Å².